The summed E-state index contributed by atoms with van der Waals surface area (Å²) in [4.78, 5) is 14.8. The maximum atomic E-state index is 11.0. The first-order valence-electron chi connectivity index (χ1n) is 4.40. The Morgan fingerprint density at radius 2 is 2.20 bits per heavy atom. The predicted molar refractivity (Wildman–Crippen MR) is 60.8 cm³/mol. The zero-order chi connectivity index (χ0) is 11.1. The van der Waals surface area contributed by atoms with E-state index in [1.807, 2.05) is 6.92 Å². The van der Waals surface area contributed by atoms with Gasteiger partial charge in [0.2, 0.25) is 0 Å². The molecule has 0 heterocycles. The Bertz CT molecular complexity index is 383. The van der Waals surface area contributed by atoms with Gasteiger partial charge in [-0.2, -0.15) is 4.99 Å². The summed E-state index contributed by atoms with van der Waals surface area (Å²) < 4.78 is 4.95. The number of carbonyl (C=O) groups is 1. The number of rotatable bonds is 3. The number of hydrogen-bond donors (Lipinski definition) is 1. The third kappa shape index (κ3) is 3.89. The molecule has 0 saturated heterocycles. The summed E-state index contributed by atoms with van der Waals surface area (Å²) in [5.41, 5.74) is 0.674. The molecule has 0 aromatic heterocycles. The molecule has 0 aliphatic heterocycles. The van der Waals surface area contributed by atoms with Crippen LogP contribution in [0.3, 0.4) is 0 Å². The molecule has 0 saturated carbocycles. The lowest BCUT2D eigenvalue weighted by molar-refractivity contribution is 0.201. The van der Waals surface area contributed by atoms with E-state index >= 15 is 0 Å². The van der Waals surface area contributed by atoms with Gasteiger partial charge in [0.15, 0.2) is 0 Å². The predicted octanol–water partition coefficient (Wildman–Crippen LogP) is 2.53. The molecule has 0 unspecified atom stereocenters. The highest BCUT2D eigenvalue weighted by Crippen LogP contribution is 2.17. The summed E-state index contributed by atoms with van der Waals surface area (Å²) in [5.74, 6) is 0.462. The number of carbonyl (C=O) groups excluding carboxylic acids is 1. The van der Waals surface area contributed by atoms with Crippen LogP contribution in [0, 0.1) is 0 Å². The van der Waals surface area contributed by atoms with Crippen LogP contribution >= 0.6 is 12.2 Å². The second-order valence-corrected chi connectivity index (χ2v) is 2.80. The van der Waals surface area contributed by atoms with Crippen molar-refractivity contribution >= 4 is 29.2 Å². The minimum atomic E-state index is -0.469. The molecular weight excluding hydrogens is 212 g/mol. The van der Waals surface area contributed by atoms with Crippen molar-refractivity contribution in [2.75, 3.05) is 6.54 Å². The standard InChI is InChI=1S/C10H10N2O2S/c1-2-11-10(13)14-9-5-3-8(4-6-9)12-7-15/h3-6H,2H2,1H3,(H,11,13). The number of nitrogens with one attached hydrogen (secondary N) is 1. The molecule has 78 valence electrons. The number of amides is 1. The van der Waals surface area contributed by atoms with Crippen molar-refractivity contribution in [3.8, 4) is 5.75 Å². The van der Waals surface area contributed by atoms with Crippen molar-refractivity contribution < 1.29 is 9.53 Å². The van der Waals surface area contributed by atoms with Crippen LogP contribution in [-0.4, -0.2) is 17.8 Å². The molecule has 0 spiro atoms. The number of aliphatic imine (C=N–C) groups is 1. The largest absolute Gasteiger partial charge is 0.412 e. The van der Waals surface area contributed by atoms with Crippen LogP contribution in [-0.2, 0) is 0 Å². The maximum absolute atomic E-state index is 11.0. The van der Waals surface area contributed by atoms with Gasteiger partial charge in [0.25, 0.3) is 0 Å². The Morgan fingerprint density at radius 1 is 1.53 bits per heavy atom. The molecule has 0 aliphatic carbocycles. The minimum Gasteiger partial charge on any atom is -0.410 e. The van der Waals surface area contributed by atoms with Crippen LogP contribution in [0.25, 0.3) is 0 Å². The first-order valence-corrected chi connectivity index (χ1v) is 4.80. The molecule has 15 heavy (non-hydrogen) atoms. The molecule has 0 bridgehead atoms. The topological polar surface area (TPSA) is 50.7 Å². The molecule has 1 N–H and O–H groups in total. The molecule has 4 nitrogen and oxygen atoms in total. The molecule has 0 radical (unpaired) electrons. The van der Waals surface area contributed by atoms with E-state index in [0.29, 0.717) is 18.0 Å². The second-order valence-electron chi connectivity index (χ2n) is 2.62. The SMILES string of the molecule is CCNC(=O)Oc1ccc(N=C=S)cc1. The molecule has 0 fully saturated rings. The number of thiocarbonyl (C=S) groups is 1. The number of ether oxygens (including phenoxy) is 1. The molecule has 0 aliphatic rings. The van der Waals surface area contributed by atoms with E-state index in [1.54, 1.807) is 24.3 Å². The zero-order valence-corrected chi connectivity index (χ0v) is 9.00. The van der Waals surface area contributed by atoms with Gasteiger partial charge in [0.05, 0.1) is 10.8 Å². The van der Waals surface area contributed by atoms with E-state index in [-0.39, 0.29) is 0 Å². The Hall–Kier alpha value is -1.71. The summed E-state index contributed by atoms with van der Waals surface area (Å²) in [6.07, 6.45) is -0.469. The van der Waals surface area contributed by atoms with Gasteiger partial charge in [-0.05, 0) is 43.4 Å². The summed E-state index contributed by atoms with van der Waals surface area (Å²) in [6, 6.07) is 6.66. The van der Waals surface area contributed by atoms with Gasteiger partial charge < -0.3 is 10.1 Å². The van der Waals surface area contributed by atoms with E-state index in [1.165, 1.54) is 0 Å². The van der Waals surface area contributed by atoms with Gasteiger partial charge in [0, 0.05) is 6.54 Å². The monoisotopic (exact) mass is 222 g/mol. The van der Waals surface area contributed by atoms with Crippen LogP contribution in [0.2, 0.25) is 0 Å². The molecule has 5 heteroatoms. The highest BCUT2D eigenvalue weighted by molar-refractivity contribution is 7.78. The quantitative estimate of drug-likeness (QED) is 0.631. The lowest BCUT2D eigenvalue weighted by Gasteiger charge is -2.03. The van der Waals surface area contributed by atoms with Gasteiger partial charge >= 0.3 is 6.09 Å². The van der Waals surface area contributed by atoms with Gasteiger partial charge in [-0.1, -0.05) is 0 Å². The Morgan fingerprint density at radius 3 is 2.73 bits per heavy atom. The minimum absolute atomic E-state index is 0.462. The molecule has 1 amide bonds. The van der Waals surface area contributed by atoms with E-state index in [0.717, 1.165) is 0 Å². The molecular formula is C10H10N2O2S. The maximum Gasteiger partial charge on any atom is 0.412 e. The fourth-order valence-corrected chi connectivity index (χ4v) is 1.03. The second kappa shape index (κ2) is 5.90. The van der Waals surface area contributed by atoms with Gasteiger partial charge in [-0.15, -0.1) is 0 Å². The molecule has 1 rings (SSSR count). The van der Waals surface area contributed by atoms with Crippen molar-refractivity contribution in [3.63, 3.8) is 0 Å². The molecule has 1 aromatic rings. The summed E-state index contributed by atoms with van der Waals surface area (Å²) >= 11 is 4.46. The average molecular weight is 222 g/mol. The summed E-state index contributed by atoms with van der Waals surface area (Å²) in [5, 5.41) is 4.77. The Labute approximate surface area is 93.0 Å². The van der Waals surface area contributed by atoms with Crippen LogP contribution in [0.1, 0.15) is 6.92 Å². The lowest BCUT2D eigenvalue weighted by Crippen LogP contribution is -2.26. The van der Waals surface area contributed by atoms with Crippen molar-refractivity contribution in [3.05, 3.63) is 24.3 Å². The van der Waals surface area contributed by atoms with E-state index < -0.39 is 6.09 Å². The highest BCUT2D eigenvalue weighted by atomic mass is 32.1. The van der Waals surface area contributed by atoms with E-state index in [9.17, 15) is 4.79 Å². The van der Waals surface area contributed by atoms with E-state index in [2.05, 4.69) is 27.7 Å². The Kier molecular flexibility index (Phi) is 4.47. The first kappa shape index (κ1) is 11.4. The molecule has 0 atom stereocenters. The number of nitrogens with zero attached hydrogens (tertiary/aromatic N) is 1. The number of hydrogen-bond acceptors (Lipinski definition) is 4. The number of benzene rings is 1. The fourth-order valence-electron chi connectivity index (χ4n) is 0.929. The van der Waals surface area contributed by atoms with Gasteiger partial charge in [-0.3, -0.25) is 0 Å². The van der Waals surface area contributed by atoms with Crippen molar-refractivity contribution in [1.82, 2.24) is 5.32 Å². The van der Waals surface area contributed by atoms with E-state index in [4.69, 9.17) is 4.74 Å². The molecule has 1 aromatic carbocycles. The zero-order valence-electron chi connectivity index (χ0n) is 8.19. The first-order chi connectivity index (χ1) is 7.26. The van der Waals surface area contributed by atoms with Crippen LogP contribution in [0.5, 0.6) is 5.75 Å². The van der Waals surface area contributed by atoms with Crippen molar-refractivity contribution in [2.24, 2.45) is 4.99 Å². The summed E-state index contributed by atoms with van der Waals surface area (Å²) in [6.45, 7) is 2.35. The van der Waals surface area contributed by atoms with Crippen molar-refractivity contribution in [2.45, 2.75) is 6.92 Å². The number of isothiocyanates is 1. The van der Waals surface area contributed by atoms with Gasteiger partial charge in [-0.25, -0.2) is 4.79 Å². The average Bonchev–Trinajstić information content (AvgIpc) is 2.22. The van der Waals surface area contributed by atoms with Crippen LogP contribution in [0.4, 0.5) is 10.5 Å². The Balaban J connectivity index is 2.64. The normalized spacial score (nSPS) is 8.87. The summed E-state index contributed by atoms with van der Waals surface area (Å²) in [7, 11) is 0. The smallest absolute Gasteiger partial charge is 0.410 e. The lowest BCUT2D eigenvalue weighted by atomic mass is 10.3. The van der Waals surface area contributed by atoms with Crippen LogP contribution < -0.4 is 10.1 Å². The highest BCUT2D eigenvalue weighted by Gasteiger charge is 2.01. The van der Waals surface area contributed by atoms with Gasteiger partial charge in [0.1, 0.15) is 5.75 Å². The third-order valence-corrected chi connectivity index (χ3v) is 1.63. The fraction of sp³-hybridized carbons (Fsp3) is 0.200. The third-order valence-electron chi connectivity index (χ3n) is 1.54. The van der Waals surface area contributed by atoms with Crippen LogP contribution in [0.15, 0.2) is 29.3 Å². The van der Waals surface area contributed by atoms with Crippen molar-refractivity contribution in [1.29, 1.82) is 0 Å².